The number of halogens is 3. The molecular weight excluding hydrogens is 554 g/mol. The number of pyridine rings is 1. The lowest BCUT2D eigenvalue weighted by Crippen LogP contribution is -2.28. The molecule has 1 aliphatic rings. The molecule has 3 aromatic rings. The maximum absolute atomic E-state index is 13.1. The molecule has 0 atom stereocenters. The number of hydrogen-bond donors (Lipinski definition) is 2. The molecule has 0 unspecified atom stereocenters. The van der Waals surface area contributed by atoms with Gasteiger partial charge in [0.2, 0.25) is 0 Å². The second kappa shape index (κ2) is 8.82. The van der Waals surface area contributed by atoms with Crippen LogP contribution in [0.3, 0.4) is 0 Å². The lowest BCUT2D eigenvalue weighted by molar-refractivity contribution is 0.0952. The van der Waals surface area contributed by atoms with E-state index in [-0.39, 0.29) is 39.2 Å². The fraction of sp³-hybridized carbons (Fsp3) is 0.150. The predicted octanol–water partition coefficient (Wildman–Crippen LogP) is 4.19. The molecule has 2 N–H and O–H groups in total. The van der Waals surface area contributed by atoms with Crippen molar-refractivity contribution in [3.05, 3.63) is 67.1 Å². The summed E-state index contributed by atoms with van der Waals surface area (Å²) in [5.41, 5.74) is 0.895. The molecule has 0 saturated heterocycles. The normalized spacial score (nSPS) is 12.8. The fourth-order valence-corrected chi connectivity index (χ4v) is 4.00. The SMILES string of the molecule is N#Cc1cc(I)c(NC(=O)c2cc(Cl)nn2-c2ncccc2Cl)c(C(=O)NC2CC2)c1. The zero-order chi connectivity index (χ0) is 22.1. The monoisotopic (exact) mass is 566 g/mol. The van der Waals surface area contributed by atoms with E-state index >= 15 is 0 Å². The lowest BCUT2D eigenvalue weighted by Gasteiger charge is -2.14. The van der Waals surface area contributed by atoms with Gasteiger partial charge < -0.3 is 10.6 Å². The van der Waals surface area contributed by atoms with Crippen LogP contribution in [0, 0.1) is 14.9 Å². The maximum atomic E-state index is 13.1. The van der Waals surface area contributed by atoms with E-state index in [9.17, 15) is 14.9 Å². The van der Waals surface area contributed by atoms with Crippen LogP contribution in [0.15, 0.2) is 36.5 Å². The Bertz CT molecular complexity index is 1250. The minimum Gasteiger partial charge on any atom is -0.349 e. The summed E-state index contributed by atoms with van der Waals surface area (Å²) in [6.45, 7) is 0. The van der Waals surface area contributed by atoms with Gasteiger partial charge in [0.15, 0.2) is 11.0 Å². The van der Waals surface area contributed by atoms with Crippen molar-refractivity contribution >= 4 is 63.3 Å². The van der Waals surface area contributed by atoms with Gasteiger partial charge in [0, 0.05) is 21.9 Å². The Morgan fingerprint density at radius 1 is 1.23 bits per heavy atom. The number of carbonyl (C=O) groups is 2. The van der Waals surface area contributed by atoms with Gasteiger partial charge in [-0.25, -0.2) is 9.67 Å². The molecule has 8 nitrogen and oxygen atoms in total. The molecule has 0 radical (unpaired) electrons. The Balaban J connectivity index is 1.72. The first-order chi connectivity index (χ1) is 14.9. The molecule has 1 aliphatic carbocycles. The number of rotatable bonds is 5. The number of carbonyl (C=O) groups excluding carboxylic acids is 2. The summed E-state index contributed by atoms with van der Waals surface area (Å²) in [6.07, 6.45) is 3.33. The molecule has 0 spiro atoms. The van der Waals surface area contributed by atoms with E-state index in [1.165, 1.54) is 23.0 Å². The molecule has 4 rings (SSSR count). The Labute approximate surface area is 200 Å². The lowest BCUT2D eigenvalue weighted by atomic mass is 10.1. The summed E-state index contributed by atoms with van der Waals surface area (Å²) < 4.78 is 1.78. The average Bonchev–Trinajstić information content (AvgIpc) is 3.47. The molecular formula is C20H13Cl2IN6O2. The number of benzene rings is 1. The molecule has 156 valence electrons. The van der Waals surface area contributed by atoms with Crippen LogP contribution < -0.4 is 10.6 Å². The van der Waals surface area contributed by atoms with Crippen molar-refractivity contribution < 1.29 is 9.59 Å². The minimum atomic E-state index is -0.566. The standard InChI is InChI=1S/C20H13Cl2IN6O2/c21-13-2-1-5-25-18(13)29-15(8-16(22)28-29)20(31)27-17-12(19(30)26-11-3-4-11)6-10(9-24)7-14(17)23/h1-2,5-8,11H,3-4H2,(H,26,30)(H,27,31). The molecule has 0 aliphatic heterocycles. The second-order valence-corrected chi connectivity index (χ2v) is 8.72. The van der Waals surface area contributed by atoms with Gasteiger partial charge in [-0.3, -0.25) is 9.59 Å². The number of hydrogen-bond acceptors (Lipinski definition) is 5. The average molecular weight is 567 g/mol. The fourth-order valence-electron chi connectivity index (χ4n) is 2.85. The molecule has 1 saturated carbocycles. The van der Waals surface area contributed by atoms with E-state index in [0.717, 1.165) is 12.8 Å². The highest BCUT2D eigenvalue weighted by atomic mass is 127. The van der Waals surface area contributed by atoms with E-state index in [4.69, 9.17) is 23.2 Å². The molecule has 1 fully saturated rings. The van der Waals surface area contributed by atoms with Crippen LogP contribution in [-0.4, -0.2) is 32.6 Å². The Morgan fingerprint density at radius 3 is 2.68 bits per heavy atom. The molecule has 0 bridgehead atoms. The number of nitrogens with one attached hydrogen (secondary N) is 2. The first kappa shape index (κ1) is 21.5. The summed E-state index contributed by atoms with van der Waals surface area (Å²) in [4.78, 5) is 30.1. The van der Waals surface area contributed by atoms with Gasteiger partial charge in [-0.05, 0) is 59.7 Å². The number of nitriles is 1. The van der Waals surface area contributed by atoms with Gasteiger partial charge in [0.05, 0.1) is 27.9 Å². The first-order valence-electron chi connectivity index (χ1n) is 9.09. The Hall–Kier alpha value is -2.68. The second-order valence-electron chi connectivity index (χ2n) is 6.77. The summed E-state index contributed by atoms with van der Waals surface area (Å²) in [7, 11) is 0. The van der Waals surface area contributed by atoms with Crippen LogP contribution in [0.4, 0.5) is 5.69 Å². The highest BCUT2D eigenvalue weighted by molar-refractivity contribution is 14.1. The molecule has 2 heterocycles. The molecule has 11 heteroatoms. The smallest absolute Gasteiger partial charge is 0.274 e. The summed E-state index contributed by atoms with van der Waals surface area (Å²) in [5, 5.41) is 19.4. The third-order valence-electron chi connectivity index (χ3n) is 4.47. The predicted molar refractivity (Wildman–Crippen MR) is 124 cm³/mol. The van der Waals surface area contributed by atoms with E-state index in [2.05, 4.69) is 20.7 Å². The van der Waals surface area contributed by atoms with Gasteiger partial charge in [0.1, 0.15) is 5.69 Å². The third kappa shape index (κ3) is 4.66. The van der Waals surface area contributed by atoms with Crippen molar-refractivity contribution in [3.8, 4) is 11.9 Å². The van der Waals surface area contributed by atoms with Gasteiger partial charge in [-0.1, -0.05) is 23.2 Å². The number of amides is 2. The summed E-state index contributed by atoms with van der Waals surface area (Å²) >= 11 is 14.2. The van der Waals surface area contributed by atoms with Gasteiger partial charge >= 0.3 is 0 Å². The van der Waals surface area contributed by atoms with Gasteiger partial charge in [-0.2, -0.15) is 10.4 Å². The van der Waals surface area contributed by atoms with Crippen LogP contribution in [0.25, 0.3) is 5.82 Å². The quantitative estimate of drug-likeness (QED) is 0.450. The van der Waals surface area contributed by atoms with E-state index in [0.29, 0.717) is 14.8 Å². The van der Waals surface area contributed by atoms with Crippen molar-refractivity contribution in [1.82, 2.24) is 20.1 Å². The van der Waals surface area contributed by atoms with Crippen LogP contribution in [0.2, 0.25) is 10.2 Å². The minimum absolute atomic E-state index is 0.0769. The van der Waals surface area contributed by atoms with Crippen molar-refractivity contribution in [1.29, 1.82) is 5.26 Å². The first-order valence-corrected chi connectivity index (χ1v) is 10.9. The van der Waals surface area contributed by atoms with E-state index < -0.39 is 5.91 Å². The number of anilines is 1. The highest BCUT2D eigenvalue weighted by Crippen LogP contribution is 2.28. The van der Waals surface area contributed by atoms with Crippen LogP contribution >= 0.6 is 45.8 Å². The van der Waals surface area contributed by atoms with Crippen LogP contribution in [0.1, 0.15) is 39.3 Å². The van der Waals surface area contributed by atoms with E-state index in [1.807, 2.05) is 28.7 Å². The van der Waals surface area contributed by atoms with Crippen LogP contribution in [0.5, 0.6) is 0 Å². The zero-order valence-electron chi connectivity index (χ0n) is 15.7. The Morgan fingerprint density at radius 2 is 2.00 bits per heavy atom. The van der Waals surface area contributed by atoms with E-state index in [1.54, 1.807) is 18.2 Å². The van der Waals surface area contributed by atoms with Crippen LogP contribution in [-0.2, 0) is 0 Å². The van der Waals surface area contributed by atoms with Crippen molar-refractivity contribution in [2.45, 2.75) is 18.9 Å². The number of nitrogens with zero attached hydrogens (tertiary/aromatic N) is 4. The van der Waals surface area contributed by atoms with Gasteiger partial charge in [-0.15, -0.1) is 0 Å². The maximum Gasteiger partial charge on any atom is 0.274 e. The zero-order valence-corrected chi connectivity index (χ0v) is 19.4. The third-order valence-corrected chi connectivity index (χ3v) is 5.80. The largest absolute Gasteiger partial charge is 0.349 e. The van der Waals surface area contributed by atoms with Crippen molar-refractivity contribution in [3.63, 3.8) is 0 Å². The Kier molecular flexibility index (Phi) is 6.13. The molecule has 2 amide bonds. The van der Waals surface area contributed by atoms with Gasteiger partial charge in [0.25, 0.3) is 11.8 Å². The summed E-state index contributed by atoms with van der Waals surface area (Å²) in [5.74, 6) is -0.682. The highest BCUT2D eigenvalue weighted by Gasteiger charge is 2.27. The molecule has 2 aromatic heterocycles. The topological polar surface area (TPSA) is 113 Å². The van der Waals surface area contributed by atoms with Crippen molar-refractivity contribution in [2.24, 2.45) is 0 Å². The summed E-state index contributed by atoms with van der Waals surface area (Å²) in [6, 6.07) is 9.84. The van der Waals surface area contributed by atoms with Crippen molar-refractivity contribution in [2.75, 3.05) is 5.32 Å². The molecule has 31 heavy (non-hydrogen) atoms. The number of aromatic nitrogens is 3. The molecule has 1 aromatic carbocycles.